The van der Waals surface area contributed by atoms with Crippen molar-refractivity contribution in [2.75, 3.05) is 12.3 Å². The zero-order valence-corrected chi connectivity index (χ0v) is 16.8. The van der Waals surface area contributed by atoms with Gasteiger partial charge in [0.05, 0.1) is 34.5 Å². The van der Waals surface area contributed by atoms with Gasteiger partial charge in [-0.15, -0.1) is 0 Å². The lowest BCUT2D eigenvalue weighted by molar-refractivity contribution is -0.143. The SMILES string of the molecule is CCOC(=O)c1c(N)n(-c2cc(C(F)(F)F)cc(C(F)(F)F)c2)c2nc3ccccc3nc12. The summed E-state index contributed by atoms with van der Waals surface area (Å²) >= 11 is 0. The van der Waals surface area contributed by atoms with E-state index in [1.165, 1.54) is 6.92 Å². The molecule has 12 heteroatoms. The summed E-state index contributed by atoms with van der Waals surface area (Å²) in [6.07, 6.45) is -10.1. The summed E-state index contributed by atoms with van der Waals surface area (Å²) in [6.45, 7) is 1.48. The van der Waals surface area contributed by atoms with E-state index in [1.807, 2.05) is 0 Å². The van der Waals surface area contributed by atoms with Crippen LogP contribution in [0.5, 0.6) is 0 Å². The normalized spacial score (nSPS) is 12.5. The van der Waals surface area contributed by atoms with Gasteiger partial charge in [0.1, 0.15) is 16.9 Å². The quantitative estimate of drug-likeness (QED) is 0.323. The van der Waals surface area contributed by atoms with Gasteiger partial charge in [0.25, 0.3) is 0 Å². The fourth-order valence-corrected chi connectivity index (χ4v) is 3.40. The number of carbonyl (C=O) groups excluding carboxylic acids is 1. The molecule has 2 N–H and O–H groups in total. The van der Waals surface area contributed by atoms with Crippen molar-refractivity contribution in [1.82, 2.24) is 14.5 Å². The number of fused-ring (bicyclic) bond motifs is 2. The minimum absolute atomic E-state index is 0.00127. The maximum Gasteiger partial charge on any atom is 0.416 e. The molecule has 0 fully saturated rings. The molecule has 2 heterocycles. The number of rotatable bonds is 3. The summed E-state index contributed by atoms with van der Waals surface area (Å²) in [6, 6.07) is 7.39. The lowest BCUT2D eigenvalue weighted by Crippen LogP contribution is -2.13. The number of para-hydroxylation sites is 2. The van der Waals surface area contributed by atoms with Gasteiger partial charge in [-0.05, 0) is 37.3 Å². The number of hydrogen-bond acceptors (Lipinski definition) is 5. The fourth-order valence-electron chi connectivity index (χ4n) is 3.40. The van der Waals surface area contributed by atoms with Crippen LogP contribution in [0.4, 0.5) is 32.2 Å². The molecule has 6 nitrogen and oxygen atoms in total. The predicted molar refractivity (Wildman–Crippen MR) is 107 cm³/mol. The van der Waals surface area contributed by atoms with Crippen LogP contribution in [0.15, 0.2) is 42.5 Å². The lowest BCUT2D eigenvalue weighted by Gasteiger charge is -2.16. The van der Waals surface area contributed by atoms with Crippen LogP contribution < -0.4 is 5.73 Å². The first-order valence-corrected chi connectivity index (χ1v) is 9.45. The first-order chi connectivity index (χ1) is 15.4. The van der Waals surface area contributed by atoms with Crippen LogP contribution in [0.3, 0.4) is 0 Å². The van der Waals surface area contributed by atoms with Gasteiger partial charge in [0, 0.05) is 0 Å². The molecule has 0 atom stereocenters. The molecule has 33 heavy (non-hydrogen) atoms. The average Bonchev–Trinajstić information content (AvgIpc) is 3.01. The molecule has 0 saturated heterocycles. The molecule has 4 rings (SSSR count). The molecule has 0 unspecified atom stereocenters. The topological polar surface area (TPSA) is 83.0 Å². The van der Waals surface area contributed by atoms with E-state index < -0.39 is 41.0 Å². The van der Waals surface area contributed by atoms with E-state index in [0.717, 1.165) is 4.57 Å². The maximum atomic E-state index is 13.4. The molecule has 0 aliphatic carbocycles. The molecule has 0 radical (unpaired) electrons. The Balaban J connectivity index is 2.12. The molecule has 0 spiro atoms. The number of alkyl halides is 6. The van der Waals surface area contributed by atoms with E-state index in [1.54, 1.807) is 24.3 Å². The Bertz CT molecular complexity index is 1360. The van der Waals surface area contributed by atoms with Gasteiger partial charge in [-0.2, -0.15) is 26.3 Å². The Labute approximate surface area is 181 Å². The van der Waals surface area contributed by atoms with Crippen LogP contribution in [0.2, 0.25) is 0 Å². The van der Waals surface area contributed by atoms with E-state index in [2.05, 4.69) is 9.97 Å². The first kappa shape index (κ1) is 22.4. The van der Waals surface area contributed by atoms with Gasteiger partial charge in [-0.25, -0.2) is 14.8 Å². The summed E-state index contributed by atoms with van der Waals surface area (Å²) < 4.78 is 86.2. The second-order valence-corrected chi connectivity index (χ2v) is 6.96. The smallest absolute Gasteiger partial charge is 0.416 e. The van der Waals surface area contributed by atoms with Crippen LogP contribution in [0, 0.1) is 0 Å². The third kappa shape index (κ3) is 3.92. The number of halogens is 6. The highest BCUT2D eigenvalue weighted by molar-refractivity contribution is 6.09. The number of esters is 1. The Morgan fingerprint density at radius 2 is 1.52 bits per heavy atom. The minimum atomic E-state index is -5.07. The zero-order valence-electron chi connectivity index (χ0n) is 16.8. The number of hydrogen-bond donors (Lipinski definition) is 1. The highest BCUT2D eigenvalue weighted by Crippen LogP contribution is 2.39. The number of nitrogens with two attached hydrogens (primary N) is 1. The van der Waals surface area contributed by atoms with Crippen molar-refractivity contribution in [2.24, 2.45) is 0 Å². The minimum Gasteiger partial charge on any atom is -0.462 e. The zero-order chi connectivity index (χ0) is 24.1. The largest absolute Gasteiger partial charge is 0.462 e. The Kier molecular flexibility index (Phi) is 5.18. The third-order valence-electron chi connectivity index (χ3n) is 4.81. The van der Waals surface area contributed by atoms with Crippen molar-refractivity contribution < 1.29 is 35.9 Å². The van der Waals surface area contributed by atoms with Crippen molar-refractivity contribution in [1.29, 1.82) is 0 Å². The van der Waals surface area contributed by atoms with E-state index in [0.29, 0.717) is 23.2 Å². The molecule has 0 aliphatic heterocycles. The summed E-state index contributed by atoms with van der Waals surface area (Å²) in [7, 11) is 0. The maximum absolute atomic E-state index is 13.4. The van der Waals surface area contributed by atoms with Crippen molar-refractivity contribution in [3.05, 3.63) is 59.2 Å². The van der Waals surface area contributed by atoms with E-state index >= 15 is 0 Å². The molecule has 0 bridgehead atoms. The highest BCUT2D eigenvalue weighted by Gasteiger charge is 2.38. The van der Waals surface area contributed by atoms with E-state index in [9.17, 15) is 31.1 Å². The number of nitrogens with zero attached hydrogens (tertiary/aromatic N) is 3. The van der Waals surface area contributed by atoms with Crippen LogP contribution in [0.1, 0.15) is 28.4 Å². The number of nitrogen functional groups attached to an aromatic ring is 1. The molecule has 0 aliphatic rings. The molecular weight excluding hydrogens is 454 g/mol. The Morgan fingerprint density at radius 3 is 2.03 bits per heavy atom. The van der Waals surface area contributed by atoms with E-state index in [4.69, 9.17) is 10.5 Å². The van der Waals surface area contributed by atoms with E-state index in [-0.39, 0.29) is 29.4 Å². The number of benzene rings is 2. The molecule has 2 aromatic carbocycles. The fraction of sp³-hybridized carbons (Fsp3) is 0.190. The Morgan fingerprint density at radius 1 is 0.970 bits per heavy atom. The van der Waals surface area contributed by atoms with Crippen molar-refractivity contribution in [3.63, 3.8) is 0 Å². The monoisotopic (exact) mass is 468 g/mol. The molecule has 2 aromatic heterocycles. The highest BCUT2D eigenvalue weighted by atomic mass is 19.4. The second kappa shape index (κ2) is 7.64. The average molecular weight is 468 g/mol. The Hall–Kier alpha value is -3.83. The van der Waals surface area contributed by atoms with Gasteiger partial charge < -0.3 is 10.5 Å². The first-order valence-electron chi connectivity index (χ1n) is 9.45. The standard InChI is InChI=1S/C21H14F6N4O2/c1-2-33-19(32)15-16-18(30-14-6-4-3-5-13(14)29-16)31(17(15)28)12-8-10(20(22,23)24)7-11(9-12)21(25,26)27/h3-9H,2,28H2,1H3. The van der Waals surface area contributed by atoms with Crippen LogP contribution >= 0.6 is 0 Å². The predicted octanol–water partition coefficient (Wildman–Crippen LogP) is 5.37. The number of aromatic nitrogens is 3. The van der Waals surface area contributed by atoms with Crippen LogP contribution in [0.25, 0.3) is 27.9 Å². The molecular formula is C21H14F6N4O2. The van der Waals surface area contributed by atoms with Crippen molar-refractivity contribution >= 4 is 34.0 Å². The van der Waals surface area contributed by atoms with Gasteiger partial charge >= 0.3 is 18.3 Å². The summed E-state index contributed by atoms with van der Waals surface area (Å²) in [5, 5.41) is 0. The number of anilines is 1. The lowest BCUT2D eigenvalue weighted by atomic mass is 10.1. The third-order valence-corrected chi connectivity index (χ3v) is 4.81. The van der Waals surface area contributed by atoms with Crippen molar-refractivity contribution in [2.45, 2.75) is 19.3 Å². The summed E-state index contributed by atoms with van der Waals surface area (Å²) in [5.74, 6) is -1.39. The van der Waals surface area contributed by atoms with Gasteiger partial charge in [0.2, 0.25) is 0 Å². The number of ether oxygens (including phenoxy) is 1. The summed E-state index contributed by atoms with van der Waals surface area (Å²) in [5.41, 5.74) is 2.43. The van der Waals surface area contributed by atoms with Crippen LogP contribution in [-0.2, 0) is 17.1 Å². The molecule has 172 valence electrons. The van der Waals surface area contributed by atoms with Crippen LogP contribution in [-0.4, -0.2) is 27.1 Å². The number of carbonyl (C=O) groups is 1. The molecule has 0 saturated carbocycles. The molecule has 4 aromatic rings. The van der Waals surface area contributed by atoms with Crippen molar-refractivity contribution in [3.8, 4) is 5.69 Å². The van der Waals surface area contributed by atoms with Gasteiger partial charge in [0.15, 0.2) is 5.65 Å². The summed E-state index contributed by atoms with van der Waals surface area (Å²) in [4.78, 5) is 21.2. The van der Waals surface area contributed by atoms with Gasteiger partial charge in [-0.3, -0.25) is 4.57 Å². The molecule has 0 amide bonds. The van der Waals surface area contributed by atoms with Gasteiger partial charge in [-0.1, -0.05) is 12.1 Å². The second-order valence-electron chi connectivity index (χ2n) is 6.96.